The Labute approximate surface area is 143 Å². The number of carbonyl (C=O) groups is 1. The maximum atomic E-state index is 14.4. The molecule has 1 amide bonds. The molecule has 1 aliphatic heterocycles. The molecular weight excluding hydrogens is 399 g/mol. The minimum atomic E-state index is -3.75. The van der Waals surface area contributed by atoms with E-state index in [1.54, 1.807) is 0 Å². The molecule has 9 heteroatoms. The first kappa shape index (κ1) is 19.3. The smallest absolute Gasteiger partial charge is 0.256 e. The van der Waals surface area contributed by atoms with E-state index in [-0.39, 0.29) is 23.9 Å². The van der Waals surface area contributed by atoms with Crippen LogP contribution in [-0.4, -0.2) is 45.1 Å². The van der Waals surface area contributed by atoms with Crippen LogP contribution in [0, 0.1) is 11.7 Å². The van der Waals surface area contributed by atoms with Gasteiger partial charge in [0.25, 0.3) is 5.91 Å². The Morgan fingerprint density at radius 3 is 2.64 bits per heavy atom. The summed E-state index contributed by atoms with van der Waals surface area (Å²) < 4.78 is 37.9. The maximum absolute atomic E-state index is 14.4. The number of halogens is 3. The number of rotatable bonds is 3. The maximum Gasteiger partial charge on any atom is 0.256 e. The fourth-order valence-electron chi connectivity index (χ4n) is 2.37. The third-order valence-electron chi connectivity index (χ3n) is 3.54. The Balaban J connectivity index is 0.00000242. The van der Waals surface area contributed by atoms with Crippen molar-refractivity contribution in [2.45, 2.75) is 11.3 Å². The second-order valence-corrected chi connectivity index (χ2v) is 8.08. The first-order chi connectivity index (χ1) is 9.74. The summed E-state index contributed by atoms with van der Waals surface area (Å²) in [6, 6.07) is 2.47. The molecule has 0 radical (unpaired) electrons. The minimum absolute atomic E-state index is 0. The lowest BCUT2D eigenvalue weighted by atomic mass is 10.1. The van der Waals surface area contributed by atoms with Crippen LogP contribution in [0.1, 0.15) is 16.8 Å². The van der Waals surface area contributed by atoms with Gasteiger partial charge in [-0.3, -0.25) is 4.79 Å². The monoisotopic (exact) mass is 414 g/mol. The third kappa shape index (κ3) is 3.98. The molecule has 0 aliphatic carbocycles. The summed E-state index contributed by atoms with van der Waals surface area (Å²) in [7, 11) is -3.75. The summed E-state index contributed by atoms with van der Waals surface area (Å²) in [5.41, 5.74) is 5.34. The highest BCUT2D eigenvalue weighted by atomic mass is 79.9. The van der Waals surface area contributed by atoms with Gasteiger partial charge in [0.1, 0.15) is 4.90 Å². The molecule has 0 bridgehead atoms. The molecule has 1 fully saturated rings. The van der Waals surface area contributed by atoms with Gasteiger partial charge in [-0.25, -0.2) is 12.8 Å². The summed E-state index contributed by atoms with van der Waals surface area (Å²) >= 11 is 3.12. The van der Waals surface area contributed by atoms with Crippen LogP contribution in [0.5, 0.6) is 0 Å². The van der Waals surface area contributed by atoms with Crippen LogP contribution in [0.3, 0.4) is 0 Å². The summed E-state index contributed by atoms with van der Waals surface area (Å²) in [6.45, 7) is 1.44. The molecule has 0 spiro atoms. The van der Waals surface area contributed by atoms with Gasteiger partial charge in [-0.1, -0.05) is 15.9 Å². The number of hydrogen-bond donors (Lipinski definition) is 1. The molecule has 1 unspecified atom stereocenters. The van der Waals surface area contributed by atoms with E-state index in [4.69, 9.17) is 5.73 Å². The fourth-order valence-corrected chi connectivity index (χ4v) is 3.76. The molecule has 1 heterocycles. The van der Waals surface area contributed by atoms with Crippen molar-refractivity contribution in [3.8, 4) is 0 Å². The quantitative estimate of drug-likeness (QED) is 0.817. The average molecular weight is 416 g/mol. The predicted octanol–water partition coefficient (Wildman–Crippen LogP) is 1.83. The van der Waals surface area contributed by atoms with Gasteiger partial charge in [0.05, 0.1) is 5.56 Å². The summed E-state index contributed by atoms with van der Waals surface area (Å²) in [6.07, 6.45) is 1.68. The minimum Gasteiger partial charge on any atom is -0.338 e. The van der Waals surface area contributed by atoms with Crippen molar-refractivity contribution in [3.05, 3.63) is 28.0 Å². The summed E-state index contributed by atoms with van der Waals surface area (Å²) in [4.78, 5) is 13.4. The van der Waals surface area contributed by atoms with Gasteiger partial charge in [0.15, 0.2) is 15.7 Å². The van der Waals surface area contributed by atoms with Crippen LogP contribution in [0.4, 0.5) is 4.39 Å². The predicted molar refractivity (Wildman–Crippen MR) is 87.5 cm³/mol. The molecule has 5 nitrogen and oxygen atoms in total. The van der Waals surface area contributed by atoms with Crippen molar-refractivity contribution >= 4 is 44.1 Å². The van der Waals surface area contributed by atoms with Crippen LogP contribution in [0.25, 0.3) is 0 Å². The zero-order valence-electron chi connectivity index (χ0n) is 11.9. The van der Waals surface area contributed by atoms with E-state index in [2.05, 4.69) is 15.9 Å². The van der Waals surface area contributed by atoms with E-state index >= 15 is 0 Å². The lowest BCUT2D eigenvalue weighted by Crippen LogP contribution is -2.30. The standard InChI is InChI=1S/C13H16BrFN2O3S.ClH/c1-21(19,20)11-5-9(14)4-10(12(11)15)13(18)17-3-2-8(6-16)7-17;/h4-5,8H,2-3,6-7,16H2,1H3;1H. The first-order valence-electron chi connectivity index (χ1n) is 6.42. The van der Waals surface area contributed by atoms with Crippen molar-refractivity contribution in [1.29, 1.82) is 0 Å². The van der Waals surface area contributed by atoms with Crippen molar-refractivity contribution in [1.82, 2.24) is 4.90 Å². The van der Waals surface area contributed by atoms with Gasteiger partial charge < -0.3 is 10.6 Å². The Morgan fingerprint density at radius 2 is 2.14 bits per heavy atom. The Kier molecular flexibility index (Phi) is 6.37. The summed E-state index contributed by atoms with van der Waals surface area (Å²) in [5.74, 6) is -1.30. The number of likely N-dealkylation sites (tertiary alicyclic amines) is 1. The molecule has 124 valence electrons. The second-order valence-electron chi connectivity index (χ2n) is 5.18. The van der Waals surface area contributed by atoms with Gasteiger partial charge in [0, 0.05) is 23.8 Å². The van der Waals surface area contributed by atoms with Gasteiger partial charge in [-0.2, -0.15) is 0 Å². The number of nitrogens with two attached hydrogens (primary N) is 1. The van der Waals surface area contributed by atoms with Gasteiger partial charge in [-0.15, -0.1) is 12.4 Å². The normalized spacial score (nSPS) is 18.2. The molecule has 1 atom stereocenters. The Morgan fingerprint density at radius 1 is 1.50 bits per heavy atom. The highest BCUT2D eigenvalue weighted by Gasteiger charge is 2.30. The van der Waals surface area contributed by atoms with E-state index in [1.807, 2.05) is 0 Å². The lowest BCUT2D eigenvalue weighted by molar-refractivity contribution is 0.0782. The number of sulfone groups is 1. The van der Waals surface area contributed by atoms with Crippen molar-refractivity contribution < 1.29 is 17.6 Å². The van der Waals surface area contributed by atoms with Crippen LogP contribution in [0.2, 0.25) is 0 Å². The molecule has 2 N–H and O–H groups in total. The molecule has 1 aliphatic rings. The molecule has 1 aromatic rings. The molecule has 1 aromatic carbocycles. The van der Waals surface area contributed by atoms with E-state index in [0.29, 0.717) is 24.1 Å². The number of hydrogen-bond acceptors (Lipinski definition) is 4. The topological polar surface area (TPSA) is 80.5 Å². The largest absolute Gasteiger partial charge is 0.338 e. The van der Waals surface area contributed by atoms with E-state index < -0.39 is 26.5 Å². The van der Waals surface area contributed by atoms with Crippen LogP contribution >= 0.6 is 28.3 Å². The van der Waals surface area contributed by atoms with Crippen LogP contribution in [-0.2, 0) is 9.84 Å². The average Bonchev–Trinajstić information content (AvgIpc) is 2.87. The molecule has 0 saturated carbocycles. The Bertz CT molecular complexity index is 684. The van der Waals surface area contributed by atoms with Gasteiger partial charge in [0.2, 0.25) is 0 Å². The third-order valence-corrected chi connectivity index (χ3v) is 5.09. The SMILES string of the molecule is CS(=O)(=O)c1cc(Br)cc(C(=O)N2CCC(CN)C2)c1F.Cl. The van der Waals surface area contributed by atoms with E-state index in [9.17, 15) is 17.6 Å². The van der Waals surface area contributed by atoms with Crippen molar-refractivity contribution in [3.63, 3.8) is 0 Å². The molecular formula is C13H17BrClFN2O3S. The number of carbonyl (C=O) groups excluding carboxylic acids is 1. The van der Waals surface area contributed by atoms with Gasteiger partial charge >= 0.3 is 0 Å². The zero-order chi connectivity index (χ0) is 15.8. The number of benzene rings is 1. The lowest BCUT2D eigenvalue weighted by Gasteiger charge is -2.17. The fraction of sp³-hybridized carbons (Fsp3) is 0.462. The molecule has 2 rings (SSSR count). The molecule has 0 aromatic heterocycles. The summed E-state index contributed by atoms with van der Waals surface area (Å²) in [5, 5.41) is 0. The van der Waals surface area contributed by atoms with Crippen LogP contribution < -0.4 is 5.73 Å². The molecule has 1 saturated heterocycles. The number of nitrogens with zero attached hydrogens (tertiary/aromatic N) is 1. The van der Waals surface area contributed by atoms with Crippen molar-refractivity contribution in [2.75, 3.05) is 25.9 Å². The highest BCUT2D eigenvalue weighted by molar-refractivity contribution is 9.10. The second kappa shape index (κ2) is 7.25. The zero-order valence-corrected chi connectivity index (χ0v) is 15.1. The molecule has 22 heavy (non-hydrogen) atoms. The van der Waals surface area contributed by atoms with E-state index in [1.165, 1.54) is 11.0 Å². The number of amides is 1. The Hall–Kier alpha value is -0.700. The van der Waals surface area contributed by atoms with E-state index in [0.717, 1.165) is 18.7 Å². The van der Waals surface area contributed by atoms with Gasteiger partial charge in [-0.05, 0) is 31.0 Å². The van der Waals surface area contributed by atoms with Crippen molar-refractivity contribution in [2.24, 2.45) is 11.7 Å². The van der Waals surface area contributed by atoms with Crippen LogP contribution in [0.15, 0.2) is 21.5 Å². The first-order valence-corrected chi connectivity index (χ1v) is 9.11. The highest BCUT2D eigenvalue weighted by Crippen LogP contribution is 2.26.